The lowest BCUT2D eigenvalue weighted by Crippen LogP contribution is -2.50. The van der Waals surface area contributed by atoms with Crippen molar-refractivity contribution in [3.63, 3.8) is 0 Å². The van der Waals surface area contributed by atoms with Crippen molar-refractivity contribution in [2.75, 3.05) is 13.8 Å². The van der Waals surface area contributed by atoms with Crippen LogP contribution >= 0.6 is 0 Å². The summed E-state index contributed by atoms with van der Waals surface area (Å²) in [6, 6.07) is 0. The first-order valence-electron chi connectivity index (χ1n) is 3.72. The highest BCUT2D eigenvalue weighted by Gasteiger charge is 2.54. The quantitative estimate of drug-likeness (QED) is 0.571. The van der Waals surface area contributed by atoms with Crippen LogP contribution in [0.4, 0.5) is 35.1 Å². The van der Waals surface area contributed by atoms with Crippen molar-refractivity contribution < 1.29 is 49.3 Å². The molecule has 0 saturated heterocycles. The maximum Gasteiger partial charge on any atom is 0.525 e. The molecule has 0 radical (unpaired) electrons. The van der Waals surface area contributed by atoms with E-state index < -0.39 is 31.5 Å². The van der Waals surface area contributed by atoms with Crippen molar-refractivity contribution in [3.05, 3.63) is 0 Å². The second-order valence-corrected chi connectivity index (χ2v) is 2.60. The number of methoxy groups -OCH3 is 1. The van der Waals surface area contributed by atoms with Crippen LogP contribution in [0.3, 0.4) is 0 Å². The first-order chi connectivity index (χ1) is 7.43. The number of ether oxygens (including phenoxy) is 3. The van der Waals surface area contributed by atoms with E-state index in [1.165, 1.54) is 0 Å². The molecule has 2 unspecified atom stereocenters. The summed E-state index contributed by atoms with van der Waals surface area (Å²) < 4.78 is 104. The van der Waals surface area contributed by atoms with Crippen LogP contribution < -0.4 is 0 Å². The van der Waals surface area contributed by atoms with Crippen molar-refractivity contribution in [1.82, 2.24) is 0 Å². The normalized spacial score (nSPS) is 18.9. The maximum absolute atomic E-state index is 13.1. The largest absolute Gasteiger partial charge is 0.525 e. The van der Waals surface area contributed by atoms with Gasteiger partial charge in [-0.25, -0.2) is 13.5 Å². The predicted octanol–water partition coefficient (Wildman–Crippen LogP) is 2.67. The van der Waals surface area contributed by atoms with E-state index in [0.717, 1.165) is 0 Å². The van der Waals surface area contributed by atoms with E-state index in [1.807, 2.05) is 0 Å². The molecule has 0 aromatic carbocycles. The summed E-state index contributed by atoms with van der Waals surface area (Å²) in [6.07, 6.45) is -14.5. The fourth-order valence-electron chi connectivity index (χ4n) is 0.764. The molecule has 104 valence electrons. The van der Waals surface area contributed by atoms with Crippen LogP contribution in [0.15, 0.2) is 0 Å². The molecular weight excluding hydrogens is 272 g/mol. The van der Waals surface area contributed by atoms with Gasteiger partial charge >= 0.3 is 12.7 Å². The van der Waals surface area contributed by atoms with E-state index in [2.05, 4.69) is 14.2 Å². The summed E-state index contributed by atoms with van der Waals surface area (Å²) in [5.41, 5.74) is 0. The minimum atomic E-state index is -5.70. The molecule has 0 heterocycles. The van der Waals surface area contributed by atoms with Gasteiger partial charge in [-0.05, 0) is 0 Å². The molecule has 0 bridgehead atoms. The molecule has 0 aliphatic rings. The van der Waals surface area contributed by atoms with Gasteiger partial charge in [0.2, 0.25) is 6.29 Å². The molecule has 17 heavy (non-hydrogen) atoms. The van der Waals surface area contributed by atoms with Gasteiger partial charge in [-0.2, -0.15) is 0 Å². The van der Waals surface area contributed by atoms with Crippen LogP contribution in [0.5, 0.6) is 0 Å². The molecule has 0 aliphatic heterocycles. The summed E-state index contributed by atoms with van der Waals surface area (Å²) in [5, 5.41) is 0. The minimum absolute atomic E-state index is 0.389. The molecule has 11 heteroatoms. The average molecular weight is 278 g/mol. The lowest BCUT2D eigenvalue weighted by atomic mass is 10.3. The summed E-state index contributed by atoms with van der Waals surface area (Å²) >= 11 is 0. The van der Waals surface area contributed by atoms with E-state index in [-0.39, 0.29) is 0 Å². The van der Waals surface area contributed by atoms with Gasteiger partial charge in [0.15, 0.2) is 6.67 Å². The highest BCUT2D eigenvalue weighted by atomic mass is 19.4. The Balaban J connectivity index is 4.91. The molecule has 0 aromatic rings. The molecule has 0 saturated carbocycles. The highest BCUT2D eigenvalue weighted by molar-refractivity contribution is 4.73. The van der Waals surface area contributed by atoms with E-state index in [1.54, 1.807) is 0 Å². The molecule has 0 fully saturated rings. The molecule has 0 aromatic heterocycles. The standard InChI is InChI=1S/C6H6F8O3/c1-15-3(16-5(9,10)11)4(8,2-7)17-6(12,13)14/h3H,2H2,1H3. The van der Waals surface area contributed by atoms with Crippen LogP contribution in [0, 0.1) is 0 Å². The summed E-state index contributed by atoms with van der Waals surface area (Å²) in [4.78, 5) is 0. The first-order valence-corrected chi connectivity index (χ1v) is 3.72. The van der Waals surface area contributed by atoms with Crippen LogP contribution in [-0.2, 0) is 14.2 Å². The van der Waals surface area contributed by atoms with E-state index in [4.69, 9.17) is 0 Å². The molecule has 2 atom stereocenters. The average Bonchev–Trinajstić information content (AvgIpc) is 2.09. The van der Waals surface area contributed by atoms with Crippen molar-refractivity contribution in [2.24, 2.45) is 0 Å². The topological polar surface area (TPSA) is 27.7 Å². The predicted molar refractivity (Wildman–Crippen MR) is 34.9 cm³/mol. The number of halogens is 8. The highest BCUT2D eigenvalue weighted by Crippen LogP contribution is 2.34. The van der Waals surface area contributed by atoms with E-state index >= 15 is 0 Å². The van der Waals surface area contributed by atoms with Crippen LogP contribution in [-0.4, -0.2) is 38.7 Å². The van der Waals surface area contributed by atoms with Gasteiger partial charge in [-0.15, -0.1) is 26.3 Å². The van der Waals surface area contributed by atoms with Gasteiger partial charge in [0.05, 0.1) is 0 Å². The Morgan fingerprint density at radius 1 is 0.941 bits per heavy atom. The second kappa shape index (κ2) is 5.31. The van der Waals surface area contributed by atoms with Crippen LogP contribution in [0.25, 0.3) is 0 Å². The monoisotopic (exact) mass is 278 g/mol. The molecule has 0 spiro atoms. The van der Waals surface area contributed by atoms with Crippen molar-refractivity contribution in [1.29, 1.82) is 0 Å². The van der Waals surface area contributed by atoms with Gasteiger partial charge in [-0.1, -0.05) is 0 Å². The third-order valence-electron chi connectivity index (χ3n) is 1.27. The molecular formula is C6H6F8O3. The molecule has 0 rings (SSSR count). The minimum Gasteiger partial charge on any atom is -0.351 e. The molecule has 0 aliphatic carbocycles. The first kappa shape index (κ1) is 16.3. The summed E-state index contributed by atoms with van der Waals surface area (Å²) in [5.74, 6) is -4.46. The zero-order valence-corrected chi connectivity index (χ0v) is 8.03. The molecule has 3 nitrogen and oxygen atoms in total. The fraction of sp³-hybridized carbons (Fsp3) is 1.00. The Kier molecular flexibility index (Phi) is 5.10. The molecule has 0 amide bonds. The fourth-order valence-corrected chi connectivity index (χ4v) is 0.764. The van der Waals surface area contributed by atoms with E-state index in [0.29, 0.717) is 7.11 Å². The van der Waals surface area contributed by atoms with E-state index in [9.17, 15) is 35.1 Å². The van der Waals surface area contributed by atoms with Gasteiger partial charge in [0, 0.05) is 7.11 Å². The van der Waals surface area contributed by atoms with Crippen LogP contribution in [0.1, 0.15) is 0 Å². The molecule has 0 N–H and O–H groups in total. The summed E-state index contributed by atoms with van der Waals surface area (Å²) in [6.45, 7) is -2.55. The number of rotatable bonds is 5. The number of alkyl halides is 8. The Morgan fingerprint density at radius 3 is 1.65 bits per heavy atom. The number of hydrogen-bond acceptors (Lipinski definition) is 3. The maximum atomic E-state index is 13.1. The smallest absolute Gasteiger partial charge is 0.351 e. The van der Waals surface area contributed by atoms with Crippen molar-refractivity contribution in [3.8, 4) is 0 Å². The van der Waals surface area contributed by atoms with Gasteiger partial charge in [-0.3, -0.25) is 4.74 Å². The van der Waals surface area contributed by atoms with Crippen LogP contribution in [0.2, 0.25) is 0 Å². The lowest BCUT2D eigenvalue weighted by Gasteiger charge is -2.30. The Labute approximate surface area is 89.2 Å². The third-order valence-corrected chi connectivity index (χ3v) is 1.27. The lowest BCUT2D eigenvalue weighted by molar-refractivity contribution is -0.467. The Hall–Kier alpha value is -0.680. The second-order valence-electron chi connectivity index (χ2n) is 2.60. The zero-order chi connectivity index (χ0) is 13.9. The van der Waals surface area contributed by atoms with Gasteiger partial charge < -0.3 is 4.74 Å². The van der Waals surface area contributed by atoms with Crippen molar-refractivity contribution >= 4 is 0 Å². The van der Waals surface area contributed by atoms with Gasteiger partial charge in [0.1, 0.15) is 0 Å². The zero-order valence-electron chi connectivity index (χ0n) is 8.03. The SMILES string of the molecule is COC(OC(F)(F)F)C(F)(CF)OC(F)(F)F. The number of hydrogen-bond donors (Lipinski definition) is 0. The Morgan fingerprint density at radius 2 is 1.41 bits per heavy atom. The Bertz CT molecular complexity index is 238. The summed E-state index contributed by atoms with van der Waals surface area (Å²) in [7, 11) is 0.389. The third kappa shape index (κ3) is 5.98. The van der Waals surface area contributed by atoms with Crippen molar-refractivity contribution in [2.45, 2.75) is 24.9 Å². The van der Waals surface area contributed by atoms with Gasteiger partial charge in [0.25, 0.3) is 5.85 Å².